The summed E-state index contributed by atoms with van der Waals surface area (Å²) in [5, 5.41) is 4.24. The van der Waals surface area contributed by atoms with Crippen molar-refractivity contribution in [3.05, 3.63) is 52.3 Å². The third kappa shape index (κ3) is 5.33. The lowest BCUT2D eigenvalue weighted by atomic mass is 10.2. The summed E-state index contributed by atoms with van der Waals surface area (Å²) in [5.74, 6) is 0.456. The zero-order valence-electron chi connectivity index (χ0n) is 13.9. The maximum absolute atomic E-state index is 12.2. The van der Waals surface area contributed by atoms with Gasteiger partial charge in [0.05, 0.1) is 5.75 Å². The molecule has 2 aromatic heterocycles. The second-order valence-corrected chi connectivity index (χ2v) is 6.23. The monoisotopic (exact) mass is 398 g/mol. The highest BCUT2D eigenvalue weighted by Gasteiger charge is 2.31. The van der Waals surface area contributed by atoms with E-state index >= 15 is 0 Å². The topological polar surface area (TPSA) is 93.9 Å². The Morgan fingerprint density at radius 2 is 1.96 bits per heavy atom. The molecule has 0 aliphatic carbocycles. The quantitative estimate of drug-likeness (QED) is 0.501. The molecule has 11 heteroatoms. The van der Waals surface area contributed by atoms with E-state index in [2.05, 4.69) is 24.8 Å². The molecule has 0 unspecified atom stereocenters. The predicted octanol–water partition coefficient (Wildman–Crippen LogP) is 3.57. The van der Waals surface area contributed by atoms with E-state index in [1.54, 1.807) is 0 Å². The molecule has 3 aromatic rings. The Morgan fingerprint density at radius 3 is 2.63 bits per heavy atom. The summed E-state index contributed by atoms with van der Waals surface area (Å²) < 4.78 is 45.5. The van der Waals surface area contributed by atoms with Gasteiger partial charge in [0.2, 0.25) is 11.7 Å². The molecule has 27 heavy (non-hydrogen) atoms. The molecule has 0 aliphatic rings. The van der Waals surface area contributed by atoms with E-state index in [0.717, 1.165) is 0 Å². The van der Waals surface area contributed by atoms with Gasteiger partial charge in [-0.25, -0.2) is 4.98 Å². The van der Waals surface area contributed by atoms with Crippen LogP contribution in [-0.4, -0.2) is 26.5 Å². The second-order valence-electron chi connectivity index (χ2n) is 5.27. The number of rotatable bonds is 6. The molecule has 0 spiro atoms. The highest BCUT2D eigenvalue weighted by atomic mass is 32.2. The van der Waals surface area contributed by atoms with Crippen molar-refractivity contribution < 1.29 is 22.4 Å². The van der Waals surface area contributed by atoms with Crippen LogP contribution in [0.2, 0.25) is 0 Å². The van der Waals surface area contributed by atoms with E-state index in [4.69, 9.17) is 4.52 Å². The Morgan fingerprint density at radius 1 is 1.22 bits per heavy atom. The maximum Gasteiger partial charge on any atom is 0.573 e. The number of H-pyrrole nitrogens is 1. The van der Waals surface area contributed by atoms with E-state index in [9.17, 15) is 18.0 Å². The van der Waals surface area contributed by atoms with Crippen LogP contribution in [0, 0.1) is 0 Å². The smallest absolute Gasteiger partial charge is 0.406 e. The van der Waals surface area contributed by atoms with Crippen molar-refractivity contribution in [2.75, 3.05) is 0 Å². The fourth-order valence-electron chi connectivity index (χ4n) is 2.10. The van der Waals surface area contributed by atoms with Crippen molar-refractivity contribution in [1.29, 1.82) is 0 Å². The molecule has 3 rings (SSSR count). The average molecular weight is 398 g/mol. The lowest BCUT2D eigenvalue weighted by Gasteiger charge is -2.08. The molecule has 142 valence electrons. The minimum atomic E-state index is -4.75. The van der Waals surface area contributed by atoms with Gasteiger partial charge in [0.15, 0.2) is 5.16 Å². The van der Waals surface area contributed by atoms with Crippen molar-refractivity contribution in [3.63, 3.8) is 0 Å². The molecule has 0 saturated heterocycles. The van der Waals surface area contributed by atoms with E-state index in [0.29, 0.717) is 22.8 Å². The molecular weight excluding hydrogens is 385 g/mol. The first-order valence-corrected chi connectivity index (χ1v) is 8.73. The van der Waals surface area contributed by atoms with Crippen LogP contribution in [0.15, 0.2) is 44.8 Å². The standard InChI is InChI=1S/C16H13F3N4O3S/c1-2-10-7-12(24)21-15(20-10)27-8-13-22-14(23-26-13)9-3-5-11(6-4-9)25-16(17,18)19/h3-7H,2,8H2,1H3,(H,20,21,24). The third-order valence-electron chi connectivity index (χ3n) is 3.28. The van der Waals surface area contributed by atoms with Gasteiger partial charge in [0.25, 0.3) is 5.56 Å². The number of ether oxygens (including phenoxy) is 1. The normalized spacial score (nSPS) is 11.6. The van der Waals surface area contributed by atoms with Crippen molar-refractivity contribution in [2.24, 2.45) is 0 Å². The van der Waals surface area contributed by atoms with Gasteiger partial charge >= 0.3 is 6.36 Å². The number of alkyl halides is 3. The largest absolute Gasteiger partial charge is 0.573 e. The first kappa shape index (κ1) is 19.0. The first-order chi connectivity index (χ1) is 12.8. The summed E-state index contributed by atoms with van der Waals surface area (Å²) in [6, 6.07) is 6.55. The lowest BCUT2D eigenvalue weighted by molar-refractivity contribution is -0.274. The van der Waals surface area contributed by atoms with Crippen LogP contribution in [0.4, 0.5) is 13.2 Å². The van der Waals surface area contributed by atoms with Crippen LogP contribution in [0.3, 0.4) is 0 Å². The number of thioether (sulfide) groups is 1. The number of nitrogens with zero attached hydrogens (tertiary/aromatic N) is 3. The number of hydrogen-bond acceptors (Lipinski definition) is 7. The van der Waals surface area contributed by atoms with E-state index in [1.165, 1.54) is 42.1 Å². The third-order valence-corrected chi connectivity index (χ3v) is 4.14. The molecule has 1 N–H and O–H groups in total. The number of hydrogen-bond donors (Lipinski definition) is 1. The van der Waals surface area contributed by atoms with Crippen LogP contribution in [0.1, 0.15) is 18.5 Å². The molecule has 0 radical (unpaired) electrons. The zero-order chi connectivity index (χ0) is 19.4. The molecular formula is C16H13F3N4O3S. The Labute approximate surface area is 155 Å². The van der Waals surface area contributed by atoms with Crippen LogP contribution >= 0.6 is 11.8 Å². The fraction of sp³-hybridized carbons (Fsp3) is 0.250. The summed E-state index contributed by atoms with van der Waals surface area (Å²) in [7, 11) is 0. The van der Waals surface area contributed by atoms with Gasteiger partial charge < -0.3 is 14.2 Å². The predicted molar refractivity (Wildman–Crippen MR) is 90.2 cm³/mol. The van der Waals surface area contributed by atoms with Crippen molar-refractivity contribution in [1.82, 2.24) is 20.1 Å². The molecule has 0 amide bonds. The SMILES string of the molecule is CCc1cc(=O)[nH]c(SCc2nc(-c3ccc(OC(F)(F)F)cc3)no2)n1. The van der Waals surface area contributed by atoms with Crippen LogP contribution in [0.25, 0.3) is 11.4 Å². The molecule has 2 heterocycles. The van der Waals surface area contributed by atoms with E-state index < -0.39 is 6.36 Å². The van der Waals surface area contributed by atoms with Gasteiger partial charge in [-0.15, -0.1) is 13.2 Å². The van der Waals surface area contributed by atoms with Crippen LogP contribution in [0.5, 0.6) is 5.75 Å². The molecule has 7 nitrogen and oxygen atoms in total. The van der Waals surface area contributed by atoms with E-state index in [-0.39, 0.29) is 28.8 Å². The summed E-state index contributed by atoms with van der Waals surface area (Å²) >= 11 is 1.23. The highest BCUT2D eigenvalue weighted by Crippen LogP contribution is 2.26. The Hall–Kier alpha value is -2.82. The first-order valence-electron chi connectivity index (χ1n) is 7.74. The molecule has 0 atom stereocenters. The summed E-state index contributed by atoms with van der Waals surface area (Å²) in [6.45, 7) is 1.89. The van der Waals surface area contributed by atoms with Gasteiger partial charge in [-0.1, -0.05) is 23.8 Å². The van der Waals surface area contributed by atoms with Crippen LogP contribution < -0.4 is 10.3 Å². The highest BCUT2D eigenvalue weighted by molar-refractivity contribution is 7.98. The lowest BCUT2D eigenvalue weighted by Crippen LogP contribution is -2.16. The molecule has 0 fully saturated rings. The number of aromatic amines is 1. The van der Waals surface area contributed by atoms with Crippen molar-refractivity contribution in [3.8, 4) is 17.1 Å². The minimum absolute atomic E-state index is 0.230. The number of aromatic nitrogens is 4. The molecule has 0 bridgehead atoms. The molecule has 0 saturated carbocycles. The van der Waals surface area contributed by atoms with E-state index in [1.807, 2.05) is 6.92 Å². The summed E-state index contributed by atoms with van der Waals surface area (Å²) in [4.78, 5) is 22.6. The van der Waals surface area contributed by atoms with Crippen molar-refractivity contribution >= 4 is 11.8 Å². The van der Waals surface area contributed by atoms with Gasteiger partial charge in [-0.05, 0) is 30.7 Å². The van der Waals surface area contributed by atoms with Gasteiger partial charge in [0, 0.05) is 17.3 Å². The number of benzene rings is 1. The molecule has 1 aromatic carbocycles. The Kier molecular flexibility index (Phi) is 5.49. The van der Waals surface area contributed by atoms with Gasteiger partial charge in [0.1, 0.15) is 5.75 Å². The van der Waals surface area contributed by atoms with Crippen molar-refractivity contribution in [2.45, 2.75) is 30.6 Å². The van der Waals surface area contributed by atoms with Crippen LogP contribution in [-0.2, 0) is 12.2 Å². The number of aryl methyl sites for hydroxylation is 1. The molecule has 0 aliphatic heterocycles. The zero-order valence-corrected chi connectivity index (χ0v) is 14.7. The Balaban J connectivity index is 1.66. The second kappa shape index (κ2) is 7.82. The number of halogens is 3. The average Bonchev–Trinajstić information content (AvgIpc) is 3.08. The van der Waals surface area contributed by atoms with Gasteiger partial charge in [-0.2, -0.15) is 4.98 Å². The van der Waals surface area contributed by atoms with Gasteiger partial charge in [-0.3, -0.25) is 4.79 Å². The maximum atomic E-state index is 12.2. The Bertz CT molecular complexity index is 970. The minimum Gasteiger partial charge on any atom is -0.406 e. The fourth-order valence-corrected chi connectivity index (χ4v) is 2.83. The summed E-state index contributed by atoms with van der Waals surface area (Å²) in [6.07, 6.45) is -4.11. The summed E-state index contributed by atoms with van der Waals surface area (Å²) in [5.41, 5.74) is 0.911. The number of nitrogens with one attached hydrogen (secondary N) is 1.